The average molecular weight is 341 g/mol. The van der Waals surface area contributed by atoms with Gasteiger partial charge in [-0.15, -0.1) is 0 Å². The zero-order chi connectivity index (χ0) is 17.8. The molecule has 1 aromatic heterocycles. The summed E-state index contributed by atoms with van der Waals surface area (Å²) in [6, 6.07) is 26.7. The SMILES string of the molecule is Cc1nc(-c2ccc(-c3ccc(OCc4ccccc4)cc3)cc2)co1. The van der Waals surface area contributed by atoms with Gasteiger partial charge in [0.1, 0.15) is 24.3 Å². The third kappa shape index (κ3) is 3.67. The van der Waals surface area contributed by atoms with Crippen LogP contribution in [0.25, 0.3) is 22.4 Å². The van der Waals surface area contributed by atoms with Crippen LogP contribution in [0.3, 0.4) is 0 Å². The first-order valence-electron chi connectivity index (χ1n) is 8.58. The van der Waals surface area contributed by atoms with Crippen molar-refractivity contribution in [1.82, 2.24) is 4.98 Å². The largest absolute Gasteiger partial charge is 0.489 e. The molecule has 3 heteroatoms. The van der Waals surface area contributed by atoms with E-state index in [1.54, 1.807) is 6.26 Å². The quantitative estimate of drug-likeness (QED) is 0.453. The van der Waals surface area contributed by atoms with Gasteiger partial charge in [0, 0.05) is 12.5 Å². The molecule has 3 aromatic carbocycles. The Labute approximate surface area is 152 Å². The van der Waals surface area contributed by atoms with E-state index in [9.17, 15) is 0 Å². The Bertz CT molecular complexity index is 971. The number of oxazole rings is 1. The number of benzene rings is 3. The van der Waals surface area contributed by atoms with Gasteiger partial charge in [-0.1, -0.05) is 66.7 Å². The minimum Gasteiger partial charge on any atom is -0.489 e. The number of rotatable bonds is 5. The Hall–Kier alpha value is -3.33. The standard InChI is InChI=1S/C23H19NO2/c1-17-24-23(16-25-17)21-9-7-19(8-10-21)20-11-13-22(14-12-20)26-15-18-5-3-2-4-6-18/h2-14,16H,15H2,1H3. The number of hydrogen-bond donors (Lipinski definition) is 0. The molecule has 0 bridgehead atoms. The molecule has 0 saturated heterocycles. The molecule has 1 heterocycles. The van der Waals surface area contributed by atoms with E-state index in [4.69, 9.17) is 9.15 Å². The number of aryl methyl sites for hydroxylation is 1. The molecule has 0 unspecified atom stereocenters. The lowest BCUT2D eigenvalue weighted by Gasteiger charge is -2.08. The number of ether oxygens (including phenoxy) is 1. The van der Waals surface area contributed by atoms with Crippen LogP contribution in [0.1, 0.15) is 11.5 Å². The molecule has 26 heavy (non-hydrogen) atoms. The highest BCUT2D eigenvalue weighted by Crippen LogP contribution is 2.26. The van der Waals surface area contributed by atoms with E-state index in [1.807, 2.05) is 37.3 Å². The first kappa shape index (κ1) is 16.2. The third-order valence-corrected chi connectivity index (χ3v) is 4.24. The maximum absolute atomic E-state index is 5.84. The molecule has 128 valence electrons. The molecule has 4 rings (SSSR count). The van der Waals surface area contributed by atoms with Crippen LogP contribution in [0, 0.1) is 6.92 Å². The fourth-order valence-electron chi connectivity index (χ4n) is 2.81. The monoisotopic (exact) mass is 341 g/mol. The predicted octanol–water partition coefficient (Wildman–Crippen LogP) is 5.90. The smallest absolute Gasteiger partial charge is 0.191 e. The van der Waals surface area contributed by atoms with Gasteiger partial charge in [0.15, 0.2) is 5.89 Å². The summed E-state index contributed by atoms with van der Waals surface area (Å²) in [4.78, 5) is 4.36. The van der Waals surface area contributed by atoms with Crippen LogP contribution in [0.15, 0.2) is 89.5 Å². The predicted molar refractivity (Wildman–Crippen MR) is 103 cm³/mol. The molecule has 0 radical (unpaired) electrons. The first-order valence-corrected chi connectivity index (χ1v) is 8.58. The lowest BCUT2D eigenvalue weighted by molar-refractivity contribution is 0.306. The van der Waals surface area contributed by atoms with Gasteiger partial charge < -0.3 is 9.15 Å². The molecular formula is C23H19NO2. The molecule has 4 aromatic rings. The summed E-state index contributed by atoms with van der Waals surface area (Å²) in [5.41, 5.74) is 5.38. The van der Waals surface area contributed by atoms with E-state index >= 15 is 0 Å². The van der Waals surface area contributed by atoms with Crippen LogP contribution in [0.2, 0.25) is 0 Å². The summed E-state index contributed by atoms with van der Waals surface area (Å²) < 4.78 is 11.1. The Morgan fingerprint density at radius 2 is 1.38 bits per heavy atom. The van der Waals surface area contributed by atoms with Crippen molar-refractivity contribution in [2.24, 2.45) is 0 Å². The van der Waals surface area contributed by atoms with E-state index in [-0.39, 0.29) is 0 Å². The van der Waals surface area contributed by atoms with Crippen molar-refractivity contribution in [2.75, 3.05) is 0 Å². The second-order valence-electron chi connectivity index (χ2n) is 6.13. The van der Waals surface area contributed by atoms with Crippen molar-refractivity contribution < 1.29 is 9.15 Å². The molecule has 0 atom stereocenters. The Kier molecular flexibility index (Phi) is 4.52. The van der Waals surface area contributed by atoms with Crippen molar-refractivity contribution >= 4 is 0 Å². The van der Waals surface area contributed by atoms with Gasteiger partial charge in [0.05, 0.1) is 0 Å². The van der Waals surface area contributed by atoms with E-state index in [1.165, 1.54) is 0 Å². The topological polar surface area (TPSA) is 35.3 Å². The van der Waals surface area contributed by atoms with E-state index < -0.39 is 0 Å². The molecule has 0 N–H and O–H groups in total. The second-order valence-corrected chi connectivity index (χ2v) is 6.13. The normalized spacial score (nSPS) is 10.7. The summed E-state index contributed by atoms with van der Waals surface area (Å²) in [6.45, 7) is 2.42. The van der Waals surface area contributed by atoms with Crippen molar-refractivity contribution in [3.63, 3.8) is 0 Å². The third-order valence-electron chi connectivity index (χ3n) is 4.24. The summed E-state index contributed by atoms with van der Waals surface area (Å²) in [7, 11) is 0. The highest BCUT2D eigenvalue weighted by Gasteiger charge is 2.04. The van der Waals surface area contributed by atoms with E-state index in [2.05, 4.69) is 53.5 Å². The highest BCUT2D eigenvalue weighted by atomic mass is 16.5. The Morgan fingerprint density at radius 1 is 0.769 bits per heavy atom. The second kappa shape index (κ2) is 7.28. The minimum atomic E-state index is 0.575. The van der Waals surface area contributed by atoms with Gasteiger partial charge in [-0.3, -0.25) is 0 Å². The zero-order valence-corrected chi connectivity index (χ0v) is 14.6. The first-order chi connectivity index (χ1) is 12.8. The average Bonchev–Trinajstić information content (AvgIpc) is 3.14. The molecule has 0 spiro atoms. The molecule has 0 aliphatic heterocycles. The van der Waals surface area contributed by atoms with Gasteiger partial charge in [-0.25, -0.2) is 4.98 Å². The lowest BCUT2D eigenvalue weighted by Crippen LogP contribution is -1.94. The maximum Gasteiger partial charge on any atom is 0.191 e. The molecule has 0 fully saturated rings. The van der Waals surface area contributed by atoms with Crippen LogP contribution in [0.5, 0.6) is 5.75 Å². The van der Waals surface area contributed by atoms with Crippen molar-refractivity contribution in [1.29, 1.82) is 0 Å². The number of nitrogens with zero attached hydrogens (tertiary/aromatic N) is 1. The van der Waals surface area contributed by atoms with Crippen LogP contribution in [-0.4, -0.2) is 4.98 Å². The van der Waals surface area contributed by atoms with Gasteiger partial charge in [-0.2, -0.15) is 0 Å². The molecule has 0 saturated carbocycles. The maximum atomic E-state index is 5.84. The van der Waals surface area contributed by atoms with Gasteiger partial charge in [0.2, 0.25) is 0 Å². The zero-order valence-electron chi connectivity index (χ0n) is 14.6. The van der Waals surface area contributed by atoms with Crippen LogP contribution >= 0.6 is 0 Å². The van der Waals surface area contributed by atoms with Crippen molar-refractivity contribution in [3.05, 3.63) is 96.6 Å². The summed E-state index contributed by atoms with van der Waals surface area (Å²) in [6.07, 6.45) is 1.68. The Morgan fingerprint density at radius 3 is 2.00 bits per heavy atom. The van der Waals surface area contributed by atoms with E-state index in [0.29, 0.717) is 12.5 Å². The number of hydrogen-bond acceptors (Lipinski definition) is 3. The fourth-order valence-corrected chi connectivity index (χ4v) is 2.81. The molecular weight excluding hydrogens is 322 g/mol. The Balaban J connectivity index is 1.44. The summed E-state index contributed by atoms with van der Waals surface area (Å²) >= 11 is 0. The number of aromatic nitrogens is 1. The highest BCUT2D eigenvalue weighted by molar-refractivity contribution is 5.68. The molecule has 0 aliphatic carbocycles. The van der Waals surface area contributed by atoms with Gasteiger partial charge in [0.25, 0.3) is 0 Å². The fraction of sp³-hybridized carbons (Fsp3) is 0.0870. The van der Waals surface area contributed by atoms with E-state index in [0.717, 1.165) is 33.7 Å². The van der Waals surface area contributed by atoms with Crippen molar-refractivity contribution in [2.45, 2.75) is 13.5 Å². The van der Waals surface area contributed by atoms with Gasteiger partial charge in [-0.05, 0) is 28.8 Å². The molecule has 3 nitrogen and oxygen atoms in total. The van der Waals surface area contributed by atoms with Crippen LogP contribution < -0.4 is 4.74 Å². The van der Waals surface area contributed by atoms with Crippen LogP contribution in [0.4, 0.5) is 0 Å². The van der Waals surface area contributed by atoms with Gasteiger partial charge >= 0.3 is 0 Å². The molecule has 0 amide bonds. The van der Waals surface area contributed by atoms with Crippen molar-refractivity contribution in [3.8, 4) is 28.1 Å². The van der Waals surface area contributed by atoms with Crippen LogP contribution in [-0.2, 0) is 6.61 Å². The summed E-state index contributed by atoms with van der Waals surface area (Å²) in [5.74, 6) is 1.54. The lowest BCUT2D eigenvalue weighted by atomic mass is 10.0. The molecule has 0 aliphatic rings. The minimum absolute atomic E-state index is 0.575. The summed E-state index contributed by atoms with van der Waals surface area (Å²) in [5, 5.41) is 0.